The Labute approximate surface area is 142 Å². The summed E-state index contributed by atoms with van der Waals surface area (Å²) < 4.78 is 1.66. The Morgan fingerprint density at radius 1 is 1.30 bits per heavy atom. The number of aromatic nitrogens is 3. The van der Waals surface area contributed by atoms with E-state index in [4.69, 9.17) is 11.6 Å². The maximum atomic E-state index is 10.6. The molecule has 1 N–H and O–H groups in total. The smallest absolute Gasteiger partial charge is 0.137 e. The van der Waals surface area contributed by atoms with E-state index < -0.39 is 6.10 Å². The minimum absolute atomic E-state index is 0.418. The van der Waals surface area contributed by atoms with Crippen molar-refractivity contribution in [2.45, 2.75) is 45.8 Å². The Hall–Kier alpha value is -1.65. The SMILES string of the molecule is CC(C)CCCC(=Cc1ccc(Cl)cc1)C(O)Cn1cncn1. The summed E-state index contributed by atoms with van der Waals surface area (Å²) in [7, 11) is 0. The predicted molar refractivity (Wildman–Crippen MR) is 94.1 cm³/mol. The maximum Gasteiger partial charge on any atom is 0.137 e. The van der Waals surface area contributed by atoms with Gasteiger partial charge in [0, 0.05) is 5.02 Å². The van der Waals surface area contributed by atoms with Crippen LogP contribution in [-0.2, 0) is 6.54 Å². The van der Waals surface area contributed by atoms with Gasteiger partial charge in [0.2, 0.25) is 0 Å². The van der Waals surface area contributed by atoms with Crippen LogP contribution in [0.25, 0.3) is 6.08 Å². The summed E-state index contributed by atoms with van der Waals surface area (Å²) in [6, 6.07) is 7.66. The number of benzene rings is 1. The molecule has 1 aromatic heterocycles. The summed E-state index contributed by atoms with van der Waals surface area (Å²) in [5.74, 6) is 0.666. The van der Waals surface area contributed by atoms with Crippen LogP contribution in [0.3, 0.4) is 0 Å². The van der Waals surface area contributed by atoms with Crippen LogP contribution in [0.5, 0.6) is 0 Å². The summed E-state index contributed by atoms with van der Waals surface area (Å²) in [5.41, 5.74) is 2.06. The summed E-state index contributed by atoms with van der Waals surface area (Å²) in [5, 5.41) is 15.4. The molecule has 124 valence electrons. The molecule has 1 unspecified atom stereocenters. The highest BCUT2D eigenvalue weighted by Gasteiger charge is 2.13. The lowest BCUT2D eigenvalue weighted by atomic mass is 9.97. The molecule has 0 aliphatic carbocycles. The molecular weight excluding hydrogens is 310 g/mol. The highest BCUT2D eigenvalue weighted by Crippen LogP contribution is 2.20. The van der Waals surface area contributed by atoms with Gasteiger partial charge in [-0.05, 0) is 42.0 Å². The van der Waals surface area contributed by atoms with Gasteiger partial charge < -0.3 is 5.11 Å². The van der Waals surface area contributed by atoms with Crippen LogP contribution in [0, 0.1) is 5.92 Å². The first kappa shape index (κ1) is 17.7. The van der Waals surface area contributed by atoms with Crippen LogP contribution in [0.2, 0.25) is 5.02 Å². The first-order chi connectivity index (χ1) is 11.0. The van der Waals surface area contributed by atoms with Crippen LogP contribution in [0.1, 0.15) is 38.7 Å². The average Bonchev–Trinajstić information content (AvgIpc) is 3.01. The third-order valence-corrected chi connectivity index (χ3v) is 3.98. The summed E-state index contributed by atoms with van der Waals surface area (Å²) in [6.45, 7) is 4.85. The van der Waals surface area contributed by atoms with Gasteiger partial charge >= 0.3 is 0 Å². The van der Waals surface area contributed by atoms with E-state index in [2.05, 4.69) is 30.0 Å². The van der Waals surface area contributed by atoms with Gasteiger partial charge in [-0.15, -0.1) is 0 Å². The Morgan fingerprint density at radius 2 is 2.04 bits per heavy atom. The van der Waals surface area contributed by atoms with E-state index in [1.54, 1.807) is 11.0 Å². The van der Waals surface area contributed by atoms with E-state index >= 15 is 0 Å². The highest BCUT2D eigenvalue weighted by atomic mass is 35.5. The van der Waals surface area contributed by atoms with Crippen LogP contribution in [0.4, 0.5) is 0 Å². The third kappa shape index (κ3) is 6.16. The second kappa shape index (κ2) is 8.85. The molecule has 0 saturated carbocycles. The molecule has 0 radical (unpaired) electrons. The van der Waals surface area contributed by atoms with Crippen molar-refractivity contribution in [1.82, 2.24) is 14.8 Å². The molecule has 4 nitrogen and oxygen atoms in total. The quantitative estimate of drug-likeness (QED) is 0.787. The number of halogens is 1. The zero-order valence-electron chi connectivity index (χ0n) is 13.7. The first-order valence-corrected chi connectivity index (χ1v) is 8.39. The minimum Gasteiger partial charge on any atom is -0.387 e. The maximum absolute atomic E-state index is 10.6. The second-order valence-corrected chi connectivity index (χ2v) is 6.63. The van der Waals surface area contributed by atoms with Gasteiger partial charge in [-0.25, -0.2) is 4.98 Å². The van der Waals surface area contributed by atoms with E-state index in [1.165, 1.54) is 6.33 Å². The average molecular weight is 334 g/mol. The molecule has 0 fully saturated rings. The molecule has 0 amide bonds. The largest absolute Gasteiger partial charge is 0.387 e. The molecule has 23 heavy (non-hydrogen) atoms. The van der Waals surface area contributed by atoms with E-state index in [-0.39, 0.29) is 0 Å². The number of hydrogen-bond donors (Lipinski definition) is 1. The van der Waals surface area contributed by atoms with Gasteiger partial charge in [-0.1, -0.05) is 50.1 Å². The Balaban J connectivity index is 2.11. The summed E-state index contributed by atoms with van der Waals surface area (Å²) in [4.78, 5) is 3.92. The molecular formula is C18H24ClN3O. The molecule has 1 aromatic carbocycles. The molecule has 1 atom stereocenters. The topological polar surface area (TPSA) is 50.9 Å². The zero-order valence-corrected chi connectivity index (χ0v) is 14.4. The summed E-state index contributed by atoms with van der Waals surface area (Å²) >= 11 is 5.94. The van der Waals surface area contributed by atoms with Gasteiger partial charge in [0.25, 0.3) is 0 Å². The number of rotatable bonds is 8. The van der Waals surface area contributed by atoms with Gasteiger partial charge in [0.15, 0.2) is 0 Å². The second-order valence-electron chi connectivity index (χ2n) is 6.19. The molecule has 0 aliphatic rings. The Bertz CT molecular complexity index is 606. The predicted octanol–water partition coefficient (Wildman–Crippen LogP) is 4.20. The van der Waals surface area contributed by atoms with Crippen molar-refractivity contribution in [2.75, 3.05) is 0 Å². The van der Waals surface area contributed by atoms with Gasteiger partial charge in [0.1, 0.15) is 12.7 Å². The molecule has 2 rings (SSSR count). The Morgan fingerprint density at radius 3 is 2.65 bits per heavy atom. The number of aliphatic hydroxyl groups is 1. The van der Waals surface area contributed by atoms with Crippen molar-refractivity contribution in [3.8, 4) is 0 Å². The third-order valence-electron chi connectivity index (χ3n) is 3.72. The van der Waals surface area contributed by atoms with Gasteiger partial charge in [0.05, 0.1) is 12.6 Å². The van der Waals surface area contributed by atoms with E-state index in [0.717, 1.165) is 30.4 Å². The van der Waals surface area contributed by atoms with Crippen molar-refractivity contribution in [1.29, 1.82) is 0 Å². The van der Waals surface area contributed by atoms with Gasteiger partial charge in [-0.3, -0.25) is 4.68 Å². The fourth-order valence-electron chi connectivity index (χ4n) is 2.44. The molecule has 0 saturated heterocycles. The lowest BCUT2D eigenvalue weighted by Gasteiger charge is -2.16. The number of aliphatic hydroxyl groups excluding tert-OH is 1. The minimum atomic E-state index is -0.570. The highest BCUT2D eigenvalue weighted by molar-refractivity contribution is 6.30. The Kier molecular flexibility index (Phi) is 6.81. The standard InChI is InChI=1S/C18H24ClN3O/c1-14(2)4-3-5-16(10-15-6-8-17(19)9-7-15)18(23)11-22-13-20-12-21-22/h6-10,12-14,18,23H,3-5,11H2,1-2H3. The molecule has 5 heteroatoms. The first-order valence-electron chi connectivity index (χ1n) is 8.01. The van der Waals surface area contributed by atoms with Crippen molar-refractivity contribution < 1.29 is 5.11 Å². The number of nitrogens with zero attached hydrogens (tertiary/aromatic N) is 3. The molecule has 1 heterocycles. The summed E-state index contributed by atoms with van der Waals surface area (Å²) in [6.07, 6.45) is 7.67. The van der Waals surface area contributed by atoms with Gasteiger partial charge in [-0.2, -0.15) is 5.10 Å². The van der Waals surface area contributed by atoms with Crippen LogP contribution in [0.15, 0.2) is 42.5 Å². The normalized spacial score (nSPS) is 13.5. The fourth-order valence-corrected chi connectivity index (χ4v) is 2.57. The van der Waals surface area contributed by atoms with Crippen molar-refractivity contribution in [3.05, 3.63) is 53.1 Å². The molecule has 2 aromatic rings. The van der Waals surface area contributed by atoms with Crippen LogP contribution < -0.4 is 0 Å². The number of hydrogen-bond acceptors (Lipinski definition) is 3. The lowest BCUT2D eigenvalue weighted by molar-refractivity contribution is 0.180. The van der Waals surface area contributed by atoms with Crippen molar-refractivity contribution in [3.63, 3.8) is 0 Å². The monoisotopic (exact) mass is 333 g/mol. The lowest BCUT2D eigenvalue weighted by Crippen LogP contribution is -2.19. The van der Waals surface area contributed by atoms with E-state index in [1.807, 2.05) is 24.3 Å². The molecule has 0 bridgehead atoms. The van der Waals surface area contributed by atoms with Crippen LogP contribution in [-0.4, -0.2) is 26.0 Å². The van der Waals surface area contributed by atoms with E-state index in [9.17, 15) is 5.11 Å². The van der Waals surface area contributed by atoms with Crippen LogP contribution >= 0.6 is 11.6 Å². The molecule has 0 spiro atoms. The van der Waals surface area contributed by atoms with Crippen molar-refractivity contribution in [2.24, 2.45) is 5.92 Å². The van der Waals surface area contributed by atoms with E-state index in [0.29, 0.717) is 17.5 Å². The zero-order chi connectivity index (χ0) is 16.7. The fraction of sp³-hybridized carbons (Fsp3) is 0.444. The molecule has 0 aliphatic heterocycles. The van der Waals surface area contributed by atoms with Crippen molar-refractivity contribution >= 4 is 17.7 Å².